The van der Waals surface area contributed by atoms with Gasteiger partial charge in [-0.25, -0.2) is 4.98 Å². The SMILES string of the molecule is CCN1CCN(c2ncccc2C#N)CC1.S=c1[nH]nc2ccccn12. The van der Waals surface area contributed by atoms with Crippen molar-refractivity contribution in [1.29, 1.82) is 5.26 Å². The first kappa shape index (κ1) is 18.0. The standard InChI is InChI=1S/C12H16N4.C6H5N3S/c1-2-15-6-8-16(9-7-15)12-11(10-13)4-3-5-14-12;10-6-8-7-5-3-1-2-4-9(5)6/h3-5H,2,6-9H2,1H3;1-4H,(H,8,10). The van der Waals surface area contributed by atoms with Gasteiger partial charge in [-0.3, -0.25) is 9.50 Å². The third-order valence-corrected chi connectivity index (χ3v) is 4.64. The van der Waals surface area contributed by atoms with Crippen LogP contribution in [0.5, 0.6) is 0 Å². The molecule has 3 aromatic rings. The summed E-state index contributed by atoms with van der Waals surface area (Å²) in [5.41, 5.74) is 1.53. The zero-order valence-electron chi connectivity index (χ0n) is 14.7. The van der Waals surface area contributed by atoms with Gasteiger partial charge in [0.2, 0.25) is 0 Å². The van der Waals surface area contributed by atoms with Gasteiger partial charge in [0.15, 0.2) is 10.4 Å². The molecular weight excluding hydrogens is 346 g/mol. The Kier molecular flexibility index (Phi) is 5.94. The van der Waals surface area contributed by atoms with Crippen molar-refractivity contribution in [3.05, 3.63) is 53.1 Å². The van der Waals surface area contributed by atoms with E-state index >= 15 is 0 Å². The minimum absolute atomic E-state index is 0.635. The second kappa shape index (κ2) is 8.56. The van der Waals surface area contributed by atoms with E-state index in [4.69, 9.17) is 17.5 Å². The number of nitrogens with zero attached hydrogens (tertiary/aromatic N) is 6. The Labute approximate surface area is 157 Å². The number of fused-ring (bicyclic) bond motifs is 1. The Morgan fingerprint density at radius 3 is 2.69 bits per heavy atom. The highest BCUT2D eigenvalue weighted by atomic mass is 32.1. The summed E-state index contributed by atoms with van der Waals surface area (Å²) in [6, 6.07) is 11.6. The van der Waals surface area contributed by atoms with E-state index in [2.05, 4.69) is 38.0 Å². The molecule has 4 heterocycles. The van der Waals surface area contributed by atoms with Gasteiger partial charge >= 0.3 is 0 Å². The summed E-state index contributed by atoms with van der Waals surface area (Å²) in [5.74, 6) is 0.834. The van der Waals surface area contributed by atoms with Gasteiger partial charge in [0.25, 0.3) is 0 Å². The molecule has 1 N–H and O–H groups in total. The molecule has 1 aliphatic heterocycles. The van der Waals surface area contributed by atoms with Crippen LogP contribution in [0, 0.1) is 16.1 Å². The molecule has 134 valence electrons. The molecule has 0 saturated carbocycles. The van der Waals surface area contributed by atoms with Gasteiger partial charge in [0.05, 0.1) is 5.56 Å². The number of likely N-dealkylation sites (N-methyl/N-ethyl adjacent to an activating group) is 1. The normalized spacial score (nSPS) is 14.5. The Hall–Kier alpha value is -2.76. The fourth-order valence-corrected chi connectivity index (χ4v) is 3.07. The van der Waals surface area contributed by atoms with Gasteiger partial charge in [-0.15, -0.1) is 0 Å². The zero-order valence-corrected chi connectivity index (χ0v) is 15.5. The number of nitriles is 1. The van der Waals surface area contributed by atoms with Crippen LogP contribution in [0.3, 0.4) is 0 Å². The zero-order chi connectivity index (χ0) is 18.4. The summed E-state index contributed by atoms with van der Waals surface area (Å²) in [7, 11) is 0. The Bertz CT molecular complexity index is 948. The maximum absolute atomic E-state index is 9.02. The van der Waals surface area contributed by atoms with Gasteiger partial charge in [0, 0.05) is 38.6 Å². The van der Waals surface area contributed by atoms with E-state index in [9.17, 15) is 0 Å². The first-order valence-corrected chi connectivity index (χ1v) is 8.98. The topological polar surface area (TPSA) is 76.2 Å². The van der Waals surface area contributed by atoms with E-state index in [-0.39, 0.29) is 0 Å². The van der Waals surface area contributed by atoms with Crippen LogP contribution in [-0.2, 0) is 0 Å². The summed E-state index contributed by atoms with van der Waals surface area (Å²) in [6.45, 7) is 7.30. The summed E-state index contributed by atoms with van der Waals surface area (Å²) >= 11 is 4.93. The van der Waals surface area contributed by atoms with E-state index in [0.717, 1.165) is 44.2 Å². The molecule has 8 heteroatoms. The van der Waals surface area contributed by atoms with Gasteiger partial charge in [0.1, 0.15) is 11.9 Å². The van der Waals surface area contributed by atoms with Crippen molar-refractivity contribution in [2.75, 3.05) is 37.6 Å². The lowest BCUT2D eigenvalue weighted by Gasteiger charge is -2.35. The predicted octanol–water partition coefficient (Wildman–Crippen LogP) is 2.49. The molecule has 0 spiro atoms. The lowest BCUT2D eigenvalue weighted by molar-refractivity contribution is 0.270. The van der Waals surface area contributed by atoms with Gasteiger partial charge in [-0.2, -0.15) is 10.4 Å². The monoisotopic (exact) mass is 367 g/mol. The molecule has 0 amide bonds. The molecule has 1 aliphatic rings. The largest absolute Gasteiger partial charge is 0.353 e. The van der Waals surface area contributed by atoms with Crippen molar-refractivity contribution in [1.82, 2.24) is 24.5 Å². The first-order chi connectivity index (χ1) is 12.7. The van der Waals surface area contributed by atoms with Crippen molar-refractivity contribution in [3.8, 4) is 6.07 Å². The van der Waals surface area contributed by atoms with E-state index in [1.165, 1.54) is 0 Å². The van der Waals surface area contributed by atoms with E-state index in [1.54, 1.807) is 6.20 Å². The highest BCUT2D eigenvalue weighted by molar-refractivity contribution is 7.71. The van der Waals surface area contributed by atoms with Crippen molar-refractivity contribution in [2.45, 2.75) is 6.92 Å². The average molecular weight is 367 g/mol. The fraction of sp³-hybridized carbons (Fsp3) is 0.333. The van der Waals surface area contributed by atoms with Crippen molar-refractivity contribution in [2.24, 2.45) is 0 Å². The van der Waals surface area contributed by atoms with Crippen LogP contribution in [0.1, 0.15) is 12.5 Å². The van der Waals surface area contributed by atoms with Crippen LogP contribution >= 0.6 is 12.2 Å². The van der Waals surface area contributed by atoms with Crippen LogP contribution in [0.4, 0.5) is 5.82 Å². The smallest absolute Gasteiger partial charge is 0.199 e. The number of anilines is 1. The maximum Gasteiger partial charge on any atom is 0.199 e. The molecule has 1 fully saturated rings. The first-order valence-electron chi connectivity index (χ1n) is 8.57. The fourth-order valence-electron chi connectivity index (χ4n) is 2.87. The van der Waals surface area contributed by atoms with Gasteiger partial charge < -0.3 is 9.80 Å². The lowest BCUT2D eigenvalue weighted by Crippen LogP contribution is -2.46. The average Bonchev–Trinajstić information content (AvgIpc) is 3.10. The van der Waals surface area contributed by atoms with Crippen LogP contribution < -0.4 is 4.90 Å². The number of rotatable bonds is 2. The molecule has 4 rings (SSSR count). The van der Waals surface area contributed by atoms with E-state index < -0.39 is 0 Å². The van der Waals surface area contributed by atoms with Crippen LogP contribution in [0.2, 0.25) is 0 Å². The molecule has 0 unspecified atom stereocenters. The number of aromatic amines is 1. The van der Waals surface area contributed by atoms with Crippen LogP contribution in [-0.4, -0.2) is 57.2 Å². The second-order valence-corrected chi connectivity index (χ2v) is 6.25. The minimum atomic E-state index is 0.635. The third kappa shape index (κ3) is 4.07. The predicted molar refractivity (Wildman–Crippen MR) is 104 cm³/mol. The quantitative estimate of drug-likeness (QED) is 0.701. The van der Waals surface area contributed by atoms with E-state index in [0.29, 0.717) is 10.3 Å². The summed E-state index contributed by atoms with van der Waals surface area (Å²) in [6.07, 6.45) is 3.63. The number of aromatic nitrogens is 4. The molecule has 1 saturated heterocycles. The van der Waals surface area contributed by atoms with E-state index in [1.807, 2.05) is 40.9 Å². The Morgan fingerprint density at radius 1 is 1.19 bits per heavy atom. The van der Waals surface area contributed by atoms with Crippen LogP contribution in [0.15, 0.2) is 42.7 Å². The molecule has 7 nitrogen and oxygen atoms in total. The van der Waals surface area contributed by atoms with Gasteiger partial charge in [-0.1, -0.05) is 13.0 Å². The molecule has 26 heavy (non-hydrogen) atoms. The number of pyridine rings is 2. The Balaban J connectivity index is 0.000000167. The molecule has 0 bridgehead atoms. The summed E-state index contributed by atoms with van der Waals surface area (Å²) in [5, 5.41) is 15.7. The molecule has 0 aliphatic carbocycles. The maximum atomic E-state index is 9.02. The molecule has 0 radical (unpaired) electrons. The number of nitrogens with one attached hydrogen (secondary N) is 1. The molecule has 0 atom stereocenters. The number of piperazine rings is 1. The van der Waals surface area contributed by atoms with Crippen LogP contribution in [0.25, 0.3) is 5.65 Å². The lowest BCUT2D eigenvalue weighted by atomic mass is 10.2. The minimum Gasteiger partial charge on any atom is -0.353 e. The number of hydrogen-bond acceptors (Lipinski definition) is 6. The number of H-pyrrole nitrogens is 1. The molecule has 3 aromatic heterocycles. The molecular formula is C18H21N7S. The second-order valence-electron chi connectivity index (χ2n) is 5.87. The molecule has 0 aromatic carbocycles. The highest BCUT2D eigenvalue weighted by Crippen LogP contribution is 2.17. The van der Waals surface area contributed by atoms with Crippen molar-refractivity contribution in [3.63, 3.8) is 0 Å². The summed E-state index contributed by atoms with van der Waals surface area (Å²) in [4.78, 5) is 8.92. The number of hydrogen-bond donors (Lipinski definition) is 1. The van der Waals surface area contributed by atoms with Gasteiger partial charge in [-0.05, 0) is 43.0 Å². The Morgan fingerprint density at radius 2 is 2.00 bits per heavy atom. The third-order valence-electron chi connectivity index (χ3n) is 4.35. The summed E-state index contributed by atoms with van der Waals surface area (Å²) < 4.78 is 2.45. The highest BCUT2D eigenvalue weighted by Gasteiger charge is 2.18. The van der Waals surface area contributed by atoms with Crippen molar-refractivity contribution < 1.29 is 0 Å². The van der Waals surface area contributed by atoms with Crippen molar-refractivity contribution >= 4 is 23.7 Å².